The number of Topliss-reactive ketones (excluding diaryl/α,β-unsaturated/α-hetero) is 1. The number of hydrogen-bond donors (Lipinski definition) is 0. The molecule has 228 valence electrons. The third kappa shape index (κ3) is 5.92. The zero-order valence-corrected chi connectivity index (χ0v) is 24.0. The van der Waals surface area contributed by atoms with E-state index in [2.05, 4.69) is 9.97 Å². The number of halogens is 5. The Morgan fingerprint density at radius 2 is 1.79 bits per heavy atom. The Kier molecular flexibility index (Phi) is 8.41. The third-order valence-corrected chi connectivity index (χ3v) is 8.33. The number of nitrogens with zero attached hydrogens (tertiary/aromatic N) is 4. The number of methoxy groups -OCH3 is 2. The normalized spacial score (nSPS) is 15.7. The number of hydrogen-bond acceptors (Lipinski definition) is 8. The van der Waals surface area contributed by atoms with E-state index in [0.717, 1.165) is 5.56 Å². The highest BCUT2D eigenvalue weighted by Crippen LogP contribution is 2.44. The van der Waals surface area contributed by atoms with Crippen LogP contribution in [0.25, 0.3) is 10.3 Å². The second kappa shape index (κ2) is 11.9. The van der Waals surface area contributed by atoms with Crippen LogP contribution in [0.1, 0.15) is 36.2 Å². The molecule has 1 fully saturated rings. The molecule has 0 saturated carbocycles. The van der Waals surface area contributed by atoms with Gasteiger partial charge in [0.15, 0.2) is 27.1 Å². The first-order valence-electron chi connectivity index (χ1n) is 13.3. The van der Waals surface area contributed by atoms with Crippen molar-refractivity contribution in [2.75, 3.05) is 25.7 Å². The van der Waals surface area contributed by atoms with Gasteiger partial charge in [-0.1, -0.05) is 41.7 Å². The lowest BCUT2D eigenvalue weighted by Crippen LogP contribution is -2.41. The second-order valence-electron chi connectivity index (χ2n) is 10.0. The Hall–Kier alpha value is -4.07. The van der Waals surface area contributed by atoms with Crippen LogP contribution >= 0.6 is 11.3 Å². The van der Waals surface area contributed by atoms with E-state index in [4.69, 9.17) is 9.47 Å². The average Bonchev–Trinajstić information content (AvgIpc) is 3.65. The van der Waals surface area contributed by atoms with Crippen molar-refractivity contribution in [1.29, 1.82) is 0 Å². The van der Waals surface area contributed by atoms with Gasteiger partial charge in [-0.3, -0.25) is 14.2 Å². The molecule has 0 bridgehead atoms. The lowest BCUT2D eigenvalue weighted by atomic mass is 10.0. The number of thiazole rings is 1. The summed E-state index contributed by atoms with van der Waals surface area (Å²) in [6.45, 7) is -0.294. The quantitative estimate of drug-likeness (QED) is 0.209. The summed E-state index contributed by atoms with van der Waals surface area (Å²) in [6.07, 6.45) is -4.07. The van der Waals surface area contributed by atoms with Crippen molar-refractivity contribution < 1.29 is 36.2 Å². The third-order valence-electron chi connectivity index (χ3n) is 7.34. The van der Waals surface area contributed by atoms with Gasteiger partial charge >= 0.3 is 12.1 Å². The fraction of sp³-hybridized carbons (Fsp3) is 0.379. The van der Waals surface area contributed by atoms with Crippen LogP contribution in [-0.4, -0.2) is 53.3 Å². The Labute approximate surface area is 246 Å². The molecule has 3 heterocycles. The van der Waals surface area contributed by atoms with Gasteiger partial charge < -0.3 is 14.4 Å². The molecular weight excluding hydrogens is 595 g/mol. The predicted octanol–water partition coefficient (Wildman–Crippen LogP) is 5.74. The molecule has 0 unspecified atom stereocenters. The maximum absolute atomic E-state index is 14.9. The van der Waals surface area contributed by atoms with E-state index in [0.29, 0.717) is 42.9 Å². The SMILES string of the molecule is COc1ccc(Cn2c(C(F)(F)C(F)(F)F)nc3sc(N4CCC[C@@H]4C(=O)CCc4ccccc4)nc3c2=O)c(OC)c1. The highest BCUT2D eigenvalue weighted by molar-refractivity contribution is 7.21. The summed E-state index contributed by atoms with van der Waals surface area (Å²) in [6, 6.07) is 13.2. The van der Waals surface area contributed by atoms with Gasteiger partial charge in [0.05, 0.1) is 26.8 Å². The second-order valence-corrected chi connectivity index (χ2v) is 11.0. The van der Waals surface area contributed by atoms with Crippen LogP contribution in [0.4, 0.5) is 27.1 Å². The highest BCUT2D eigenvalue weighted by Gasteiger charge is 2.62. The van der Waals surface area contributed by atoms with Crippen molar-refractivity contribution in [3.05, 3.63) is 75.8 Å². The van der Waals surface area contributed by atoms with Gasteiger partial charge in [0.25, 0.3) is 5.56 Å². The van der Waals surface area contributed by atoms with E-state index in [1.807, 2.05) is 30.3 Å². The summed E-state index contributed by atoms with van der Waals surface area (Å²) in [5, 5.41) is 0.163. The van der Waals surface area contributed by atoms with E-state index in [1.54, 1.807) is 4.90 Å². The number of aryl methyl sites for hydroxylation is 1. The van der Waals surface area contributed by atoms with Crippen molar-refractivity contribution in [2.24, 2.45) is 0 Å². The van der Waals surface area contributed by atoms with Crippen molar-refractivity contribution in [3.63, 3.8) is 0 Å². The first-order valence-corrected chi connectivity index (χ1v) is 14.2. The van der Waals surface area contributed by atoms with E-state index >= 15 is 0 Å². The Balaban J connectivity index is 1.54. The van der Waals surface area contributed by atoms with Crippen molar-refractivity contribution in [2.45, 2.75) is 50.4 Å². The molecule has 14 heteroatoms. The number of benzene rings is 2. The minimum Gasteiger partial charge on any atom is -0.497 e. The largest absolute Gasteiger partial charge is 0.497 e. The highest BCUT2D eigenvalue weighted by atomic mass is 32.1. The zero-order valence-electron chi connectivity index (χ0n) is 23.2. The van der Waals surface area contributed by atoms with Gasteiger partial charge in [-0.05, 0) is 37.0 Å². The number of rotatable bonds is 10. The minimum absolute atomic E-state index is 0.0538. The fourth-order valence-corrected chi connectivity index (χ4v) is 6.10. The van der Waals surface area contributed by atoms with E-state index < -0.39 is 36.1 Å². The van der Waals surface area contributed by atoms with Gasteiger partial charge in [0, 0.05) is 24.6 Å². The molecule has 2 aromatic carbocycles. The molecule has 0 N–H and O–H groups in total. The standard InChI is InChI=1S/C29H27F5N4O4S/c1-41-19-12-11-18(22(15-19)42-2)16-38-25(40)23-24(36-26(38)28(30,31)29(32,33)34)43-27(35-23)37-14-6-9-20(37)21(39)13-10-17-7-4-3-5-8-17/h3-5,7-8,11-12,15,20H,6,9-10,13-14,16H2,1-2H3/t20-/m1/s1. The van der Waals surface area contributed by atoms with Crippen LogP contribution in [0, 0.1) is 0 Å². The molecule has 1 aliphatic rings. The van der Waals surface area contributed by atoms with Crippen molar-refractivity contribution in [1.82, 2.24) is 14.5 Å². The summed E-state index contributed by atoms with van der Waals surface area (Å²) in [5.74, 6) is -6.80. The summed E-state index contributed by atoms with van der Waals surface area (Å²) in [4.78, 5) is 36.0. The van der Waals surface area contributed by atoms with Crippen LogP contribution < -0.4 is 19.9 Å². The Morgan fingerprint density at radius 3 is 2.47 bits per heavy atom. The molecule has 43 heavy (non-hydrogen) atoms. The summed E-state index contributed by atoms with van der Waals surface area (Å²) >= 11 is 0.709. The first kappa shape index (κ1) is 30.4. The molecule has 0 spiro atoms. The number of alkyl halides is 5. The molecule has 1 atom stereocenters. The van der Waals surface area contributed by atoms with Gasteiger partial charge in [0.2, 0.25) is 0 Å². The molecule has 1 saturated heterocycles. The molecule has 5 rings (SSSR count). The van der Waals surface area contributed by atoms with Gasteiger partial charge in [-0.15, -0.1) is 0 Å². The number of aromatic nitrogens is 3. The number of anilines is 1. The molecule has 8 nitrogen and oxygen atoms in total. The summed E-state index contributed by atoms with van der Waals surface area (Å²) in [5.41, 5.74) is -0.395. The predicted molar refractivity (Wildman–Crippen MR) is 150 cm³/mol. The molecule has 4 aromatic rings. The lowest BCUT2D eigenvalue weighted by Gasteiger charge is -2.22. The van der Waals surface area contributed by atoms with Crippen LogP contribution in [0.15, 0.2) is 53.3 Å². The maximum Gasteiger partial charge on any atom is 0.461 e. The van der Waals surface area contributed by atoms with Crippen LogP contribution in [0.5, 0.6) is 11.5 Å². The monoisotopic (exact) mass is 622 g/mol. The molecule has 2 aromatic heterocycles. The molecule has 0 aliphatic carbocycles. The lowest BCUT2D eigenvalue weighted by molar-refractivity contribution is -0.293. The van der Waals surface area contributed by atoms with E-state index in [1.165, 1.54) is 32.4 Å². The van der Waals surface area contributed by atoms with Gasteiger partial charge in [0.1, 0.15) is 11.5 Å². The molecule has 1 aliphatic heterocycles. The average molecular weight is 623 g/mol. The number of carbonyl (C=O) groups is 1. The maximum atomic E-state index is 14.9. The molecule has 0 amide bonds. The number of ether oxygens (including phenoxy) is 2. The van der Waals surface area contributed by atoms with Gasteiger partial charge in [-0.2, -0.15) is 22.0 Å². The number of carbonyl (C=O) groups excluding carboxylic acids is 1. The first-order chi connectivity index (χ1) is 20.4. The van der Waals surface area contributed by atoms with E-state index in [9.17, 15) is 31.5 Å². The van der Waals surface area contributed by atoms with Gasteiger partial charge in [-0.25, -0.2) is 9.97 Å². The van der Waals surface area contributed by atoms with Crippen LogP contribution in [-0.2, 0) is 23.7 Å². The zero-order chi connectivity index (χ0) is 30.9. The van der Waals surface area contributed by atoms with Crippen LogP contribution in [0.2, 0.25) is 0 Å². The Bertz CT molecular complexity index is 1690. The Morgan fingerprint density at radius 1 is 1.05 bits per heavy atom. The minimum atomic E-state index is -6.02. The molecule has 0 radical (unpaired) electrons. The summed E-state index contributed by atoms with van der Waals surface area (Å²) in [7, 11) is 2.68. The number of ketones is 1. The topological polar surface area (TPSA) is 86.5 Å². The van der Waals surface area contributed by atoms with Crippen molar-refractivity contribution in [3.8, 4) is 11.5 Å². The van der Waals surface area contributed by atoms with Crippen molar-refractivity contribution >= 4 is 32.6 Å². The fourth-order valence-electron chi connectivity index (χ4n) is 5.09. The number of fused-ring (bicyclic) bond motifs is 1. The molecular formula is C29H27F5N4O4S. The summed E-state index contributed by atoms with van der Waals surface area (Å²) < 4.78 is 81.2. The smallest absolute Gasteiger partial charge is 0.461 e. The van der Waals surface area contributed by atoms with E-state index in [-0.39, 0.29) is 43.6 Å². The van der Waals surface area contributed by atoms with Crippen LogP contribution in [0.3, 0.4) is 0 Å².